The summed E-state index contributed by atoms with van der Waals surface area (Å²) in [5.74, 6) is -0.529. The van der Waals surface area contributed by atoms with E-state index in [0.29, 0.717) is 10.7 Å². The maximum Gasteiger partial charge on any atom is 0.356 e. The highest BCUT2D eigenvalue weighted by Crippen LogP contribution is 2.17. The van der Waals surface area contributed by atoms with Crippen molar-refractivity contribution in [3.05, 3.63) is 23.0 Å². The smallest absolute Gasteiger partial charge is 0.356 e. The number of hydrogen-bond donors (Lipinski definition) is 1. The number of carbonyl (C=O) groups excluding carboxylic acids is 1. The molecule has 0 saturated carbocycles. The van der Waals surface area contributed by atoms with Crippen LogP contribution < -0.4 is 5.73 Å². The molecule has 0 saturated heterocycles. The number of carbonyl (C=O) groups is 1. The molecule has 0 aromatic carbocycles. The number of methoxy groups -OCH3 is 1. The van der Waals surface area contributed by atoms with E-state index in [2.05, 4.69) is 9.72 Å². The summed E-state index contributed by atoms with van der Waals surface area (Å²) in [6.07, 6.45) is 1.31. The number of halogens is 1. The first-order valence-corrected chi connectivity index (χ1v) is 3.52. The second-order valence-electron chi connectivity index (χ2n) is 2.08. The van der Waals surface area contributed by atoms with Crippen LogP contribution in [0.15, 0.2) is 12.3 Å². The number of esters is 1. The van der Waals surface area contributed by atoms with Gasteiger partial charge in [0, 0.05) is 6.20 Å². The second kappa shape index (κ2) is 3.40. The Morgan fingerprint density at radius 1 is 1.75 bits per heavy atom. The molecule has 0 amide bonds. The van der Waals surface area contributed by atoms with Gasteiger partial charge >= 0.3 is 5.97 Å². The third-order valence-electron chi connectivity index (χ3n) is 1.28. The van der Waals surface area contributed by atoms with E-state index >= 15 is 0 Å². The third kappa shape index (κ3) is 1.65. The van der Waals surface area contributed by atoms with Crippen molar-refractivity contribution in [1.82, 2.24) is 4.98 Å². The molecule has 1 aromatic heterocycles. The number of nitrogens with zero attached hydrogens (tertiary/aromatic N) is 1. The lowest BCUT2D eigenvalue weighted by atomic mass is 10.3. The summed E-state index contributed by atoms with van der Waals surface area (Å²) in [7, 11) is 1.27. The summed E-state index contributed by atoms with van der Waals surface area (Å²) in [5.41, 5.74) is 5.90. The minimum absolute atomic E-state index is 0.152. The van der Waals surface area contributed by atoms with E-state index in [1.54, 1.807) is 0 Å². The first kappa shape index (κ1) is 8.80. The number of anilines is 1. The van der Waals surface area contributed by atoms with Crippen LogP contribution in [0.25, 0.3) is 0 Å². The Kier molecular flexibility index (Phi) is 2.50. The lowest BCUT2D eigenvalue weighted by Crippen LogP contribution is -2.04. The zero-order chi connectivity index (χ0) is 9.14. The molecule has 0 aliphatic heterocycles. The molecule has 0 atom stereocenters. The van der Waals surface area contributed by atoms with Gasteiger partial charge in [-0.25, -0.2) is 9.78 Å². The van der Waals surface area contributed by atoms with Crippen LogP contribution in [-0.2, 0) is 4.74 Å². The summed E-state index contributed by atoms with van der Waals surface area (Å²) in [4.78, 5) is 14.6. The van der Waals surface area contributed by atoms with Gasteiger partial charge in [-0.2, -0.15) is 0 Å². The minimum atomic E-state index is -0.529. The lowest BCUT2D eigenvalue weighted by Gasteiger charge is -2.00. The summed E-state index contributed by atoms with van der Waals surface area (Å²) >= 11 is 5.59. The van der Waals surface area contributed by atoms with Crippen molar-refractivity contribution in [1.29, 1.82) is 0 Å². The maximum absolute atomic E-state index is 10.9. The zero-order valence-electron chi connectivity index (χ0n) is 6.37. The molecule has 4 nitrogen and oxygen atoms in total. The predicted octanol–water partition coefficient (Wildman–Crippen LogP) is 1.10. The summed E-state index contributed by atoms with van der Waals surface area (Å²) in [6, 6.07) is 1.37. The molecular formula is C7H7ClN2O2. The molecule has 5 heteroatoms. The first-order valence-electron chi connectivity index (χ1n) is 3.14. The van der Waals surface area contributed by atoms with Crippen LogP contribution in [0, 0.1) is 0 Å². The molecule has 0 fully saturated rings. The Labute approximate surface area is 74.3 Å². The van der Waals surface area contributed by atoms with Crippen LogP contribution in [0.5, 0.6) is 0 Å². The molecule has 0 spiro atoms. The number of ether oxygens (including phenoxy) is 1. The van der Waals surface area contributed by atoms with Gasteiger partial charge in [-0.1, -0.05) is 11.6 Å². The van der Waals surface area contributed by atoms with Crippen LogP contribution in [0.4, 0.5) is 5.69 Å². The van der Waals surface area contributed by atoms with Crippen LogP contribution in [0.3, 0.4) is 0 Å². The number of aromatic nitrogens is 1. The molecule has 0 bridgehead atoms. The van der Waals surface area contributed by atoms with E-state index in [0.717, 1.165) is 0 Å². The molecule has 0 aliphatic carbocycles. The molecule has 0 unspecified atom stereocenters. The average molecular weight is 187 g/mol. The van der Waals surface area contributed by atoms with Crippen LogP contribution in [0.1, 0.15) is 10.5 Å². The van der Waals surface area contributed by atoms with Crippen molar-refractivity contribution in [2.45, 2.75) is 0 Å². The quantitative estimate of drug-likeness (QED) is 0.668. The SMILES string of the molecule is COC(=O)c1cc(N)c(Cl)cn1. The zero-order valence-corrected chi connectivity index (χ0v) is 7.13. The van der Waals surface area contributed by atoms with Crippen LogP contribution >= 0.6 is 11.6 Å². The van der Waals surface area contributed by atoms with Gasteiger partial charge in [-0.15, -0.1) is 0 Å². The van der Waals surface area contributed by atoms with Crippen molar-refractivity contribution >= 4 is 23.3 Å². The number of nitrogens with two attached hydrogens (primary N) is 1. The third-order valence-corrected chi connectivity index (χ3v) is 1.60. The van der Waals surface area contributed by atoms with Gasteiger partial charge in [0.15, 0.2) is 0 Å². The van der Waals surface area contributed by atoms with Crippen molar-refractivity contribution in [2.75, 3.05) is 12.8 Å². The highest BCUT2D eigenvalue weighted by Gasteiger charge is 2.08. The summed E-state index contributed by atoms with van der Waals surface area (Å²) in [6.45, 7) is 0. The fourth-order valence-electron chi connectivity index (χ4n) is 0.670. The van der Waals surface area contributed by atoms with E-state index in [9.17, 15) is 4.79 Å². The summed E-state index contributed by atoms with van der Waals surface area (Å²) in [5, 5.41) is 0.322. The van der Waals surface area contributed by atoms with Gasteiger partial charge in [0.1, 0.15) is 5.69 Å². The van der Waals surface area contributed by atoms with Gasteiger partial charge in [0.25, 0.3) is 0 Å². The fourth-order valence-corrected chi connectivity index (χ4v) is 0.774. The van der Waals surface area contributed by atoms with Crippen LogP contribution in [-0.4, -0.2) is 18.1 Å². The molecule has 12 heavy (non-hydrogen) atoms. The van der Waals surface area contributed by atoms with E-state index in [-0.39, 0.29) is 5.69 Å². The number of nitrogen functional groups attached to an aromatic ring is 1. The van der Waals surface area contributed by atoms with Crippen molar-refractivity contribution in [2.24, 2.45) is 0 Å². The van der Waals surface area contributed by atoms with Crippen molar-refractivity contribution in [3.8, 4) is 0 Å². The summed E-state index contributed by atoms with van der Waals surface area (Å²) < 4.78 is 4.43. The van der Waals surface area contributed by atoms with Crippen LogP contribution in [0.2, 0.25) is 5.02 Å². The molecule has 0 aliphatic rings. The van der Waals surface area contributed by atoms with Gasteiger partial charge in [-0.05, 0) is 6.07 Å². The van der Waals surface area contributed by atoms with Gasteiger partial charge in [0.2, 0.25) is 0 Å². The Bertz CT molecular complexity index is 314. The minimum Gasteiger partial charge on any atom is -0.464 e. The number of pyridine rings is 1. The van der Waals surface area contributed by atoms with Crippen molar-refractivity contribution in [3.63, 3.8) is 0 Å². The molecular weight excluding hydrogens is 180 g/mol. The van der Waals surface area contributed by atoms with E-state index in [1.807, 2.05) is 0 Å². The number of rotatable bonds is 1. The van der Waals surface area contributed by atoms with Gasteiger partial charge in [-0.3, -0.25) is 0 Å². The second-order valence-corrected chi connectivity index (χ2v) is 2.49. The largest absolute Gasteiger partial charge is 0.464 e. The molecule has 1 aromatic rings. The fraction of sp³-hybridized carbons (Fsp3) is 0.143. The Morgan fingerprint density at radius 3 is 2.92 bits per heavy atom. The maximum atomic E-state index is 10.9. The topological polar surface area (TPSA) is 65.2 Å². The molecule has 1 heterocycles. The normalized spacial score (nSPS) is 9.50. The predicted molar refractivity (Wildman–Crippen MR) is 45.0 cm³/mol. The molecule has 64 valence electrons. The van der Waals surface area contributed by atoms with E-state index < -0.39 is 5.97 Å². The standard InChI is InChI=1S/C7H7ClN2O2/c1-12-7(11)6-2-5(9)4(8)3-10-6/h2-3H,1H3,(H2,9,10). The highest BCUT2D eigenvalue weighted by molar-refractivity contribution is 6.33. The van der Waals surface area contributed by atoms with Gasteiger partial charge < -0.3 is 10.5 Å². The lowest BCUT2D eigenvalue weighted by molar-refractivity contribution is 0.0594. The monoisotopic (exact) mass is 186 g/mol. The average Bonchev–Trinajstić information content (AvgIpc) is 2.08. The van der Waals surface area contributed by atoms with Gasteiger partial charge in [0.05, 0.1) is 17.8 Å². The Hall–Kier alpha value is -1.29. The van der Waals surface area contributed by atoms with Crippen molar-refractivity contribution < 1.29 is 9.53 Å². The number of hydrogen-bond acceptors (Lipinski definition) is 4. The molecule has 2 N–H and O–H groups in total. The molecule has 0 radical (unpaired) electrons. The van der Waals surface area contributed by atoms with E-state index in [4.69, 9.17) is 17.3 Å². The highest BCUT2D eigenvalue weighted by atomic mass is 35.5. The van der Waals surface area contributed by atoms with E-state index in [1.165, 1.54) is 19.4 Å². The first-order chi connectivity index (χ1) is 5.65. The molecule has 1 rings (SSSR count). The Balaban J connectivity index is 3.05. The Morgan fingerprint density at radius 2 is 2.42 bits per heavy atom.